The van der Waals surface area contributed by atoms with Gasteiger partial charge in [-0.25, -0.2) is 0 Å². The van der Waals surface area contributed by atoms with Crippen LogP contribution in [0.2, 0.25) is 0 Å². The molecular weight excluding hydrogens is 709 g/mol. The fourth-order valence-electron chi connectivity index (χ4n) is 5.01. The predicted molar refractivity (Wildman–Crippen MR) is 195 cm³/mol. The van der Waals surface area contributed by atoms with Crippen molar-refractivity contribution in [3.05, 3.63) is 91.0 Å². The molecule has 3 rings (SSSR count). The van der Waals surface area contributed by atoms with Crippen LogP contribution in [0.15, 0.2) is 91.0 Å². The molecule has 0 aliphatic rings. The molecule has 248 valence electrons. The summed E-state index contributed by atoms with van der Waals surface area (Å²) in [7, 11) is 5.54. The van der Waals surface area contributed by atoms with E-state index in [9.17, 15) is 19.2 Å². The van der Waals surface area contributed by atoms with Crippen LogP contribution in [0.4, 0.5) is 0 Å². The average molecular weight is 751 g/mol. The van der Waals surface area contributed by atoms with E-state index in [0.717, 1.165) is 18.3 Å². The molecule has 0 saturated carbocycles. The van der Waals surface area contributed by atoms with Gasteiger partial charge in [-0.1, -0.05) is 0 Å². The summed E-state index contributed by atoms with van der Waals surface area (Å²) in [6, 6.07) is 29.9. The van der Waals surface area contributed by atoms with Gasteiger partial charge in [0.15, 0.2) is 0 Å². The van der Waals surface area contributed by atoms with E-state index in [4.69, 9.17) is 5.73 Å². The van der Waals surface area contributed by atoms with Crippen molar-refractivity contribution in [2.75, 3.05) is 38.4 Å². The van der Waals surface area contributed by atoms with Gasteiger partial charge in [-0.3, -0.25) is 4.79 Å². The maximum atomic E-state index is 12.9. The summed E-state index contributed by atoms with van der Waals surface area (Å²) in [6.45, 7) is -0.316. The van der Waals surface area contributed by atoms with Gasteiger partial charge in [-0.15, -0.1) is 0 Å². The topological polar surface area (TPSA) is 137 Å². The maximum absolute atomic E-state index is 12.9. The Morgan fingerprint density at radius 3 is 1.83 bits per heavy atom. The third-order valence-electron chi connectivity index (χ3n) is 7.48. The van der Waals surface area contributed by atoms with Gasteiger partial charge in [0.2, 0.25) is 0 Å². The van der Waals surface area contributed by atoms with Gasteiger partial charge in [-0.05, 0) is 0 Å². The number of carbonyl (C=O) groups excluding carboxylic acids is 4. The molecule has 46 heavy (non-hydrogen) atoms. The van der Waals surface area contributed by atoms with Crippen molar-refractivity contribution in [3.8, 4) is 0 Å². The minimum Gasteiger partial charge on any atom is -0.468 e. The number of nitrogens with two attached hydrogens (primary N) is 1. The molecule has 2 amide bonds. The van der Waals surface area contributed by atoms with Crippen LogP contribution in [0.3, 0.4) is 0 Å². The molecule has 0 saturated heterocycles. The number of carbonyl (C=O) groups is 4. The van der Waals surface area contributed by atoms with Gasteiger partial charge in [-0.2, -0.15) is 0 Å². The van der Waals surface area contributed by atoms with Gasteiger partial charge in [0, 0.05) is 0 Å². The third kappa shape index (κ3) is 9.81. The van der Waals surface area contributed by atoms with E-state index in [1.165, 1.54) is 40.9 Å². The summed E-state index contributed by atoms with van der Waals surface area (Å²) >= 11 is 4.47. The molecule has 0 bridgehead atoms. The zero-order valence-corrected chi connectivity index (χ0v) is 30.0. The first-order chi connectivity index (χ1) is 22.1. The minimum absolute atomic E-state index is 0.0638. The van der Waals surface area contributed by atoms with Crippen LogP contribution in [-0.2, 0) is 28.7 Å². The number of benzene rings is 3. The zero-order valence-electron chi connectivity index (χ0n) is 25.9. The van der Waals surface area contributed by atoms with Crippen molar-refractivity contribution < 1.29 is 28.7 Å². The molecular formula is C33H41BrN3O6PS2. The monoisotopic (exact) mass is 749 g/mol. The van der Waals surface area contributed by atoms with E-state index in [-0.39, 0.29) is 25.1 Å². The molecule has 3 aromatic carbocycles. The number of esters is 2. The molecule has 13 heteroatoms. The van der Waals surface area contributed by atoms with E-state index < -0.39 is 41.1 Å². The Morgan fingerprint density at radius 2 is 1.35 bits per heavy atom. The molecule has 0 aliphatic heterocycles. The van der Waals surface area contributed by atoms with Crippen LogP contribution in [0, 0.1) is 0 Å². The number of hydrogen-bond acceptors (Lipinski definition) is 9. The summed E-state index contributed by atoms with van der Waals surface area (Å²) in [5.41, 5.74) is 5.75. The quantitative estimate of drug-likeness (QED) is 0.0771. The first-order valence-corrected chi connectivity index (χ1v) is 21.7. The van der Waals surface area contributed by atoms with Gasteiger partial charge < -0.3 is 10.5 Å². The standard InChI is InChI=1S/C33H41BrN3O6PS2/c1-42-31(39)23-36-32(40)29(37-30(38)20-19-28(35)33(41)43-2)24-46-45-22-12-21-44(34,25-13-6-3-7-14-25,26-15-8-4-9-16-26)27-17-10-5-11-18-27/h3-11,13-18,28-29H,12,19-24,35H2,1-2H3,(H,36,40)(H,37,38). The second-order valence-electron chi connectivity index (χ2n) is 10.5. The Hall–Kier alpha value is -2.89. The second kappa shape index (κ2) is 18.4. The van der Waals surface area contributed by atoms with Gasteiger partial charge in [0.25, 0.3) is 0 Å². The van der Waals surface area contributed by atoms with Crippen LogP contribution in [-0.4, -0.2) is 74.3 Å². The van der Waals surface area contributed by atoms with Crippen LogP contribution >= 0.6 is 42.4 Å². The van der Waals surface area contributed by atoms with E-state index in [1.54, 1.807) is 10.8 Å². The fraction of sp³-hybridized carbons (Fsp3) is 0.333. The fourth-order valence-corrected chi connectivity index (χ4v) is 15.2. The SMILES string of the molecule is COC(=O)CNC(=O)C(CSSCCCP(Br)(c1ccccc1)(c1ccccc1)c1ccccc1)NC(=O)CCC(N)C(=O)OC. The molecule has 2 atom stereocenters. The molecule has 4 N–H and O–H groups in total. The van der Waals surface area contributed by atoms with E-state index in [2.05, 4.69) is 108 Å². The minimum atomic E-state index is -3.04. The van der Waals surface area contributed by atoms with E-state index >= 15 is 0 Å². The number of hydrogen-bond donors (Lipinski definition) is 3. The normalized spacial score (nSPS) is 13.3. The molecule has 0 radical (unpaired) electrons. The van der Waals surface area contributed by atoms with E-state index in [1.807, 2.05) is 18.2 Å². The first-order valence-electron chi connectivity index (χ1n) is 14.7. The van der Waals surface area contributed by atoms with Crippen molar-refractivity contribution >= 4 is 82.0 Å². The van der Waals surface area contributed by atoms with Crippen LogP contribution in [0.1, 0.15) is 19.3 Å². The number of rotatable bonds is 18. The van der Waals surface area contributed by atoms with Crippen LogP contribution in [0.25, 0.3) is 0 Å². The summed E-state index contributed by atoms with van der Waals surface area (Å²) in [4.78, 5) is 48.7. The van der Waals surface area contributed by atoms with E-state index in [0.29, 0.717) is 0 Å². The third-order valence-corrected chi connectivity index (χ3v) is 20.0. The molecule has 9 nitrogen and oxygen atoms in total. The Bertz CT molecular complexity index is 1340. The molecule has 0 aliphatic carbocycles. The van der Waals surface area contributed by atoms with Crippen LogP contribution < -0.4 is 32.3 Å². The number of amides is 2. The predicted octanol–water partition coefficient (Wildman–Crippen LogP) is 3.65. The summed E-state index contributed by atoms with van der Waals surface area (Å²) < 4.78 is 9.21. The smallest absolute Gasteiger partial charge is 0.468 e. The molecule has 2 unspecified atom stereocenters. The molecule has 0 aromatic heterocycles. The van der Waals surface area contributed by atoms with Crippen molar-refractivity contribution in [2.24, 2.45) is 5.73 Å². The average Bonchev–Trinajstić information content (AvgIpc) is 3.10. The Morgan fingerprint density at radius 1 is 0.826 bits per heavy atom. The summed E-state index contributed by atoms with van der Waals surface area (Å²) in [5.74, 6) is -1.11. The molecule has 3 aromatic rings. The summed E-state index contributed by atoms with van der Waals surface area (Å²) in [6.07, 6.45) is 1.75. The Labute approximate surface area is 286 Å². The van der Waals surface area contributed by atoms with Gasteiger partial charge in [0.1, 0.15) is 0 Å². The van der Waals surface area contributed by atoms with Crippen LogP contribution in [0.5, 0.6) is 0 Å². The summed E-state index contributed by atoms with van der Waals surface area (Å²) in [5, 5.41) is 5.94. The molecule has 0 fully saturated rings. The Kier molecular flexibility index (Phi) is 15.1. The van der Waals surface area contributed by atoms with Crippen molar-refractivity contribution in [2.45, 2.75) is 31.3 Å². The van der Waals surface area contributed by atoms with Gasteiger partial charge in [0.05, 0.1) is 14.2 Å². The van der Waals surface area contributed by atoms with Crippen molar-refractivity contribution in [1.82, 2.24) is 10.6 Å². The number of nitrogens with one attached hydrogen (secondary N) is 2. The van der Waals surface area contributed by atoms with Crippen molar-refractivity contribution in [3.63, 3.8) is 0 Å². The number of methoxy groups -OCH3 is 2. The number of ether oxygens (including phenoxy) is 2. The molecule has 0 heterocycles. The molecule has 0 spiro atoms. The second-order valence-corrected chi connectivity index (χ2v) is 22.1. The Balaban J connectivity index is 1.70. The first kappa shape index (κ1) is 37.6. The zero-order chi connectivity index (χ0) is 33.4. The van der Waals surface area contributed by atoms with Crippen molar-refractivity contribution in [1.29, 1.82) is 0 Å². The number of halogens is 1. The van der Waals surface area contributed by atoms with Gasteiger partial charge >= 0.3 is 258 Å².